The SMILES string of the molecule is CCCCC(CC)CS(=O)CC(C)CN. The van der Waals surface area contributed by atoms with Crippen LogP contribution in [0.4, 0.5) is 0 Å². The maximum atomic E-state index is 11.8. The summed E-state index contributed by atoms with van der Waals surface area (Å²) in [6.07, 6.45) is 4.89. The Bertz CT molecular complexity index is 173. The molecule has 0 bridgehead atoms. The zero-order chi connectivity index (χ0) is 11.7. The number of hydrogen-bond acceptors (Lipinski definition) is 2. The van der Waals surface area contributed by atoms with Crippen LogP contribution in [0, 0.1) is 11.8 Å². The Hall–Kier alpha value is 0.110. The van der Waals surface area contributed by atoms with Gasteiger partial charge in [-0.05, 0) is 24.8 Å². The molecule has 0 aromatic heterocycles. The van der Waals surface area contributed by atoms with Gasteiger partial charge < -0.3 is 5.73 Å². The molecule has 3 atom stereocenters. The summed E-state index contributed by atoms with van der Waals surface area (Å²) in [6.45, 7) is 7.13. The highest BCUT2D eigenvalue weighted by Crippen LogP contribution is 2.14. The molecule has 0 aliphatic carbocycles. The van der Waals surface area contributed by atoms with Crippen LogP contribution < -0.4 is 5.73 Å². The molecule has 2 N–H and O–H groups in total. The van der Waals surface area contributed by atoms with Crippen LogP contribution >= 0.6 is 0 Å². The zero-order valence-corrected chi connectivity index (χ0v) is 11.3. The maximum Gasteiger partial charge on any atom is 0.0272 e. The van der Waals surface area contributed by atoms with Gasteiger partial charge in [-0.1, -0.05) is 40.0 Å². The van der Waals surface area contributed by atoms with Gasteiger partial charge >= 0.3 is 0 Å². The van der Waals surface area contributed by atoms with Crippen molar-refractivity contribution in [1.82, 2.24) is 0 Å². The molecule has 92 valence electrons. The molecule has 2 nitrogen and oxygen atoms in total. The van der Waals surface area contributed by atoms with Gasteiger partial charge in [0.2, 0.25) is 0 Å². The monoisotopic (exact) mass is 233 g/mol. The normalized spacial score (nSPS) is 17.3. The van der Waals surface area contributed by atoms with Gasteiger partial charge in [-0.15, -0.1) is 0 Å². The van der Waals surface area contributed by atoms with E-state index in [9.17, 15) is 4.21 Å². The quantitative estimate of drug-likeness (QED) is 0.665. The van der Waals surface area contributed by atoms with Crippen molar-refractivity contribution in [3.05, 3.63) is 0 Å². The van der Waals surface area contributed by atoms with E-state index in [1.54, 1.807) is 0 Å². The predicted molar refractivity (Wildman–Crippen MR) is 69.4 cm³/mol. The molecule has 0 heterocycles. The third-order valence-electron chi connectivity index (χ3n) is 2.84. The fraction of sp³-hybridized carbons (Fsp3) is 1.00. The van der Waals surface area contributed by atoms with Gasteiger partial charge in [0.05, 0.1) is 0 Å². The lowest BCUT2D eigenvalue weighted by Gasteiger charge is -2.15. The molecule has 3 unspecified atom stereocenters. The van der Waals surface area contributed by atoms with E-state index >= 15 is 0 Å². The summed E-state index contributed by atoms with van der Waals surface area (Å²) in [5.41, 5.74) is 5.53. The van der Waals surface area contributed by atoms with Crippen molar-refractivity contribution in [2.75, 3.05) is 18.1 Å². The molecule has 0 aromatic rings. The van der Waals surface area contributed by atoms with E-state index in [4.69, 9.17) is 5.73 Å². The molecule has 0 rings (SSSR count). The molecule has 15 heavy (non-hydrogen) atoms. The third-order valence-corrected chi connectivity index (χ3v) is 4.62. The summed E-state index contributed by atoms with van der Waals surface area (Å²) in [5, 5.41) is 0. The number of hydrogen-bond donors (Lipinski definition) is 1. The molecule has 0 fully saturated rings. The summed E-state index contributed by atoms with van der Waals surface area (Å²) in [6, 6.07) is 0. The van der Waals surface area contributed by atoms with E-state index in [1.165, 1.54) is 19.3 Å². The minimum Gasteiger partial charge on any atom is -0.330 e. The highest BCUT2D eigenvalue weighted by atomic mass is 32.2. The standard InChI is InChI=1S/C12H27NOS/c1-4-6-7-12(5-2)10-15(14)9-11(3)8-13/h11-12H,4-10,13H2,1-3H3. The summed E-state index contributed by atoms with van der Waals surface area (Å²) < 4.78 is 11.8. The summed E-state index contributed by atoms with van der Waals surface area (Å²) >= 11 is 0. The molecular formula is C12H27NOS. The largest absolute Gasteiger partial charge is 0.330 e. The van der Waals surface area contributed by atoms with Crippen LogP contribution in [-0.2, 0) is 10.8 Å². The Morgan fingerprint density at radius 2 is 1.93 bits per heavy atom. The summed E-state index contributed by atoms with van der Waals surface area (Å²) in [7, 11) is -0.663. The van der Waals surface area contributed by atoms with Gasteiger partial charge in [-0.2, -0.15) is 0 Å². The minimum atomic E-state index is -0.663. The van der Waals surface area contributed by atoms with E-state index in [2.05, 4.69) is 20.8 Å². The second-order valence-electron chi connectivity index (χ2n) is 4.53. The van der Waals surface area contributed by atoms with E-state index < -0.39 is 10.8 Å². The predicted octanol–water partition coefficient (Wildman–Crippen LogP) is 2.55. The molecule has 0 radical (unpaired) electrons. The van der Waals surface area contributed by atoms with Gasteiger partial charge in [0.1, 0.15) is 0 Å². The van der Waals surface area contributed by atoms with E-state index in [-0.39, 0.29) is 0 Å². The lowest BCUT2D eigenvalue weighted by Crippen LogP contribution is -2.21. The molecule has 0 saturated carbocycles. The smallest absolute Gasteiger partial charge is 0.0272 e. The molecule has 0 aromatic carbocycles. The van der Waals surface area contributed by atoms with Crippen molar-refractivity contribution in [1.29, 1.82) is 0 Å². The zero-order valence-electron chi connectivity index (χ0n) is 10.5. The summed E-state index contributed by atoms with van der Waals surface area (Å²) in [5.74, 6) is 2.70. The van der Waals surface area contributed by atoms with Crippen molar-refractivity contribution in [3.8, 4) is 0 Å². The lowest BCUT2D eigenvalue weighted by molar-refractivity contribution is 0.493. The highest BCUT2D eigenvalue weighted by Gasteiger charge is 2.12. The first-order chi connectivity index (χ1) is 7.13. The molecule has 0 spiro atoms. The Morgan fingerprint density at radius 1 is 1.27 bits per heavy atom. The Balaban J connectivity index is 3.79. The van der Waals surface area contributed by atoms with E-state index in [0.29, 0.717) is 18.4 Å². The van der Waals surface area contributed by atoms with Crippen molar-refractivity contribution in [2.24, 2.45) is 17.6 Å². The van der Waals surface area contributed by atoms with Crippen LogP contribution in [-0.4, -0.2) is 22.3 Å². The Morgan fingerprint density at radius 3 is 2.40 bits per heavy atom. The van der Waals surface area contributed by atoms with Crippen LogP contribution in [0.1, 0.15) is 46.5 Å². The topological polar surface area (TPSA) is 43.1 Å². The van der Waals surface area contributed by atoms with Crippen LogP contribution in [0.25, 0.3) is 0 Å². The average Bonchev–Trinajstić information content (AvgIpc) is 2.23. The van der Waals surface area contributed by atoms with Crippen LogP contribution in [0.2, 0.25) is 0 Å². The second kappa shape index (κ2) is 9.34. The van der Waals surface area contributed by atoms with Gasteiger partial charge in [-0.25, -0.2) is 0 Å². The van der Waals surface area contributed by atoms with Gasteiger partial charge in [0, 0.05) is 22.3 Å². The van der Waals surface area contributed by atoms with Crippen LogP contribution in [0.15, 0.2) is 0 Å². The number of rotatable bonds is 9. The van der Waals surface area contributed by atoms with Crippen molar-refractivity contribution in [3.63, 3.8) is 0 Å². The molecule has 0 saturated heterocycles. The van der Waals surface area contributed by atoms with Gasteiger partial charge in [-0.3, -0.25) is 4.21 Å². The first-order valence-corrected chi connectivity index (χ1v) is 7.67. The van der Waals surface area contributed by atoms with Gasteiger partial charge in [0.15, 0.2) is 0 Å². The second-order valence-corrected chi connectivity index (χ2v) is 6.08. The number of nitrogens with two attached hydrogens (primary N) is 1. The highest BCUT2D eigenvalue weighted by molar-refractivity contribution is 7.85. The average molecular weight is 233 g/mol. The molecule has 0 aliphatic heterocycles. The lowest BCUT2D eigenvalue weighted by atomic mass is 10.0. The van der Waals surface area contributed by atoms with Crippen molar-refractivity contribution >= 4 is 10.8 Å². The Kier molecular flexibility index (Phi) is 9.41. The molecule has 0 aliphatic rings. The maximum absolute atomic E-state index is 11.8. The molecule has 0 amide bonds. The van der Waals surface area contributed by atoms with Crippen molar-refractivity contribution < 1.29 is 4.21 Å². The Labute approximate surface area is 97.5 Å². The summed E-state index contributed by atoms with van der Waals surface area (Å²) in [4.78, 5) is 0. The fourth-order valence-electron chi connectivity index (χ4n) is 1.61. The van der Waals surface area contributed by atoms with E-state index in [1.807, 2.05) is 0 Å². The third kappa shape index (κ3) is 7.97. The molecule has 3 heteroatoms. The van der Waals surface area contributed by atoms with Crippen LogP contribution in [0.5, 0.6) is 0 Å². The molecular weight excluding hydrogens is 206 g/mol. The van der Waals surface area contributed by atoms with Gasteiger partial charge in [0.25, 0.3) is 0 Å². The first-order valence-electron chi connectivity index (χ1n) is 6.19. The first kappa shape index (κ1) is 15.1. The number of unbranched alkanes of at least 4 members (excludes halogenated alkanes) is 1. The fourth-order valence-corrected chi connectivity index (χ4v) is 3.45. The van der Waals surface area contributed by atoms with E-state index in [0.717, 1.165) is 17.9 Å². The van der Waals surface area contributed by atoms with Crippen LogP contribution in [0.3, 0.4) is 0 Å². The minimum absolute atomic E-state index is 0.398. The van der Waals surface area contributed by atoms with Crippen molar-refractivity contribution in [2.45, 2.75) is 46.5 Å².